The molecule has 0 radical (unpaired) electrons. The number of hydrogen-bond donors (Lipinski definition) is 7. The minimum atomic E-state index is 0.272. The molecule has 0 bridgehead atoms. The quantitative estimate of drug-likeness (QED) is 0.0870. The van der Waals surface area contributed by atoms with Gasteiger partial charge in [0.05, 0.1) is 39.9 Å². The molecule has 10 heteroatoms. The number of likely N-dealkylation sites (tertiary alicyclic amines) is 1. The maximum atomic E-state index is 5.58. The van der Waals surface area contributed by atoms with Crippen LogP contribution in [-0.4, -0.2) is 136 Å². The number of nitrogens with one attached hydrogen (secondary N) is 7. The molecule has 1 atom stereocenters. The van der Waals surface area contributed by atoms with Gasteiger partial charge in [0, 0.05) is 38.1 Å². The van der Waals surface area contributed by atoms with Gasteiger partial charge in [-0.3, -0.25) is 0 Å². The largest absolute Gasteiger partial charge is 0.375 e. The van der Waals surface area contributed by atoms with Crippen molar-refractivity contribution in [3.8, 4) is 0 Å². The lowest BCUT2D eigenvalue weighted by atomic mass is 9.75. The Morgan fingerprint density at radius 2 is 0.753 bits per heavy atom. The lowest BCUT2D eigenvalue weighted by molar-refractivity contribution is -0.896. The summed E-state index contributed by atoms with van der Waals surface area (Å²) in [6.07, 6.45) is 24.2. The Morgan fingerprint density at radius 1 is 0.387 bits per heavy atom. The highest BCUT2D eigenvalue weighted by Gasteiger charge is 2.34. The fourth-order valence-corrected chi connectivity index (χ4v) is 12.3. The molecule has 0 aromatic carbocycles. The Bertz CT molecular complexity index is 1900. The SMILES string of the molecule is CC(C)(C)C1CC[N+](C)(C)CC1.CC(C)(C)C1CNC1.CC(C)(C)CC1CCNC1.CC(C)(C)CC1CCNCC1.CC(C)(C)CCC1CNC1.CC(C)(C)CCC1CNC1.CC(C)(C)CCCC1CNC1.CC(C)(C)COC1CNC1.C[n+]1ccc(C(C)(C)C)cc1. The van der Waals surface area contributed by atoms with Crippen molar-refractivity contribution in [3.63, 3.8) is 0 Å². The van der Waals surface area contributed by atoms with Crippen LogP contribution in [0.1, 0.15) is 282 Å². The summed E-state index contributed by atoms with van der Waals surface area (Å²) in [6.45, 7) is 82.9. The highest BCUT2D eigenvalue weighted by atomic mass is 16.5. The third kappa shape index (κ3) is 50.7. The maximum Gasteiger partial charge on any atom is 0.168 e. The molecule has 1 aromatic heterocycles. The first-order valence-corrected chi connectivity index (χ1v) is 38.7. The van der Waals surface area contributed by atoms with E-state index < -0.39 is 0 Å². The van der Waals surface area contributed by atoms with E-state index in [-0.39, 0.29) is 5.41 Å². The summed E-state index contributed by atoms with van der Waals surface area (Å²) < 4.78 is 8.86. The average Bonchev–Trinajstić information content (AvgIpc) is 1.32. The average molecular weight is 1310 g/mol. The molecule has 552 valence electrons. The van der Waals surface area contributed by atoms with Gasteiger partial charge in [0.2, 0.25) is 0 Å². The standard InChI is InChI=1S/C11H24N.C10H16N.2C10H21N.3C9H19N.C8H17NO.C7H15N/c1-11(2,3)10-6-8-12(4,5)9-7-10;1-10(2,3)9-5-7-11(4)8-6-9;1-10(2,3)8-9-4-6-11-7-5-9;1-10(2,3)6-4-5-9-7-11-8-9;1-9(2,3)6-8-4-5-10-7-8;2*1-9(2,3)5-4-8-6-10-7-8;1-8(2,3)6-10-7-4-9-5-7;1-7(2,3)6-4-8-5-6/h10H,6-9H2,1-5H3;5-8H,1-4H3;2*9,11H,4-8H2,1-3H3;3*8,10H,4-7H2,1-3H3;7,9H,4-6H2,1-3H3;6,8H,4-5H2,1-3H3/q2*+1;;;;;;;. The molecule has 0 aliphatic carbocycles. The molecule has 0 spiro atoms. The van der Waals surface area contributed by atoms with Crippen molar-refractivity contribution in [1.82, 2.24) is 37.2 Å². The molecule has 9 rings (SSSR count). The predicted octanol–water partition coefficient (Wildman–Crippen LogP) is 17.5. The van der Waals surface area contributed by atoms with Gasteiger partial charge < -0.3 is 46.4 Å². The summed E-state index contributed by atoms with van der Waals surface area (Å²) >= 11 is 0. The van der Waals surface area contributed by atoms with Gasteiger partial charge in [0.25, 0.3) is 0 Å². The van der Waals surface area contributed by atoms with Crippen molar-refractivity contribution in [3.05, 3.63) is 30.1 Å². The number of aryl methyl sites for hydroxylation is 1. The number of quaternary nitrogens is 1. The smallest absolute Gasteiger partial charge is 0.168 e. The second-order valence-electron chi connectivity index (χ2n) is 41.7. The van der Waals surface area contributed by atoms with Crippen molar-refractivity contribution in [2.75, 3.05) is 125 Å². The number of rotatable bonds is 11. The van der Waals surface area contributed by atoms with Crippen molar-refractivity contribution < 1.29 is 13.8 Å². The van der Waals surface area contributed by atoms with Crippen LogP contribution in [0, 0.1) is 84.7 Å². The van der Waals surface area contributed by atoms with E-state index >= 15 is 0 Å². The first-order valence-electron chi connectivity index (χ1n) is 38.7. The van der Waals surface area contributed by atoms with Crippen LogP contribution in [0.5, 0.6) is 0 Å². The van der Waals surface area contributed by atoms with Gasteiger partial charge >= 0.3 is 0 Å². The van der Waals surface area contributed by atoms with Gasteiger partial charge in [-0.15, -0.1) is 0 Å². The van der Waals surface area contributed by atoms with Crippen molar-refractivity contribution >= 4 is 0 Å². The zero-order valence-electron chi connectivity index (χ0n) is 68.7. The molecule has 93 heavy (non-hydrogen) atoms. The molecule has 8 fully saturated rings. The van der Waals surface area contributed by atoms with E-state index in [1.807, 2.05) is 7.05 Å². The Kier molecular flexibility index (Phi) is 40.7. The third-order valence-corrected chi connectivity index (χ3v) is 19.9. The van der Waals surface area contributed by atoms with E-state index in [2.05, 4.69) is 267 Å². The molecule has 10 nitrogen and oxygen atoms in total. The lowest BCUT2D eigenvalue weighted by Crippen LogP contribution is -2.49. The van der Waals surface area contributed by atoms with Gasteiger partial charge in [-0.05, 0) is 245 Å². The summed E-state index contributed by atoms with van der Waals surface area (Å²) in [6, 6.07) is 4.33. The molecule has 0 amide bonds. The Balaban J connectivity index is 0.000000524. The van der Waals surface area contributed by atoms with Crippen LogP contribution in [0.4, 0.5) is 0 Å². The van der Waals surface area contributed by atoms with Gasteiger partial charge in [-0.1, -0.05) is 193 Å². The minimum absolute atomic E-state index is 0.272. The normalized spacial score (nSPS) is 21.2. The number of pyridine rings is 1. The molecule has 8 aliphatic rings. The summed E-state index contributed by atoms with van der Waals surface area (Å²) in [4.78, 5) is 0. The van der Waals surface area contributed by atoms with E-state index in [0.29, 0.717) is 49.4 Å². The molecular weight excluding hydrogens is 1140 g/mol. The minimum Gasteiger partial charge on any atom is -0.375 e. The van der Waals surface area contributed by atoms with Crippen LogP contribution in [0.25, 0.3) is 0 Å². The zero-order valence-corrected chi connectivity index (χ0v) is 68.7. The van der Waals surface area contributed by atoms with Gasteiger partial charge in [-0.25, -0.2) is 4.57 Å². The van der Waals surface area contributed by atoms with E-state index in [0.717, 1.165) is 61.1 Å². The van der Waals surface area contributed by atoms with Gasteiger partial charge in [0.15, 0.2) is 12.4 Å². The molecule has 1 aromatic rings. The number of aromatic nitrogens is 1. The zero-order chi connectivity index (χ0) is 71.2. The van der Waals surface area contributed by atoms with Crippen LogP contribution in [0.3, 0.4) is 0 Å². The summed E-state index contributed by atoms with van der Waals surface area (Å²) in [5.74, 6) is 6.76. The highest BCUT2D eigenvalue weighted by molar-refractivity contribution is 5.17. The van der Waals surface area contributed by atoms with Crippen molar-refractivity contribution in [2.45, 2.75) is 288 Å². The number of piperidine rings is 2. The monoisotopic (exact) mass is 1310 g/mol. The number of hydrogen-bond acceptors (Lipinski definition) is 8. The summed E-state index contributed by atoms with van der Waals surface area (Å²) in [5.41, 5.74) is 5.70. The van der Waals surface area contributed by atoms with Gasteiger partial charge in [0.1, 0.15) is 7.05 Å². The molecule has 7 N–H and O–H groups in total. The Labute approximate surface area is 583 Å². The Morgan fingerprint density at radius 3 is 1.04 bits per heavy atom. The van der Waals surface area contributed by atoms with E-state index in [9.17, 15) is 0 Å². The summed E-state index contributed by atoms with van der Waals surface area (Å²) in [5, 5.41) is 23.1. The number of ether oxygens (including phenoxy) is 1. The molecule has 8 aliphatic heterocycles. The fraction of sp³-hybridized carbons (Fsp3) is 0.940. The lowest BCUT2D eigenvalue weighted by Gasteiger charge is -2.41. The second kappa shape index (κ2) is 42.1. The number of nitrogens with zero attached hydrogens (tertiary/aromatic N) is 2. The fourth-order valence-electron chi connectivity index (χ4n) is 12.3. The van der Waals surface area contributed by atoms with Crippen molar-refractivity contribution in [2.24, 2.45) is 91.8 Å². The third-order valence-electron chi connectivity index (χ3n) is 19.9. The topological polar surface area (TPSA) is 97.3 Å². The second-order valence-corrected chi connectivity index (χ2v) is 41.7. The maximum absolute atomic E-state index is 5.58. The predicted molar refractivity (Wildman–Crippen MR) is 413 cm³/mol. The molecular formula is C83H171N9O+2. The molecule has 9 heterocycles. The van der Waals surface area contributed by atoms with E-state index in [4.69, 9.17) is 4.74 Å². The van der Waals surface area contributed by atoms with E-state index in [1.54, 1.807) is 0 Å². The van der Waals surface area contributed by atoms with Crippen LogP contribution in [-0.2, 0) is 17.2 Å². The van der Waals surface area contributed by atoms with E-state index in [1.165, 1.54) is 192 Å². The van der Waals surface area contributed by atoms with Gasteiger partial charge in [-0.2, -0.15) is 0 Å². The van der Waals surface area contributed by atoms with Crippen LogP contribution in [0.2, 0.25) is 0 Å². The molecule has 1 unspecified atom stereocenters. The molecule has 0 saturated carbocycles. The van der Waals surface area contributed by atoms with Crippen LogP contribution in [0.15, 0.2) is 24.5 Å². The first kappa shape index (κ1) is 89.8. The highest BCUT2D eigenvalue weighted by Crippen LogP contribution is 2.36. The summed E-state index contributed by atoms with van der Waals surface area (Å²) in [7, 11) is 6.73. The van der Waals surface area contributed by atoms with Crippen LogP contribution >= 0.6 is 0 Å². The van der Waals surface area contributed by atoms with Crippen LogP contribution < -0.4 is 41.8 Å². The first-order chi connectivity index (χ1) is 42.4. The Hall–Kier alpha value is -1.21. The molecule has 8 saturated heterocycles. The van der Waals surface area contributed by atoms with Crippen molar-refractivity contribution in [1.29, 1.82) is 0 Å².